The molecule has 22 heavy (non-hydrogen) atoms. The molecule has 0 radical (unpaired) electrons. The first-order chi connectivity index (χ1) is 10.2. The van der Waals surface area contributed by atoms with Crippen LogP contribution in [0.2, 0.25) is 0 Å². The predicted molar refractivity (Wildman–Crippen MR) is 79.3 cm³/mol. The van der Waals surface area contributed by atoms with Crippen molar-refractivity contribution < 1.29 is 14.6 Å². The zero-order valence-corrected chi connectivity index (χ0v) is 12.9. The Kier molecular flexibility index (Phi) is 4.03. The van der Waals surface area contributed by atoms with Crippen LogP contribution in [0.3, 0.4) is 0 Å². The van der Waals surface area contributed by atoms with Crippen molar-refractivity contribution in [2.24, 2.45) is 0 Å². The SMILES string of the molecule is COC(=O)c1nn(-c2ccc(C(C)(C)C)cc2)c(=O)cc1[O-]. The lowest BCUT2D eigenvalue weighted by atomic mass is 9.87. The number of hydrogen-bond acceptors (Lipinski definition) is 5. The molecule has 0 amide bonds. The summed E-state index contributed by atoms with van der Waals surface area (Å²) in [6.45, 7) is 6.23. The molecule has 0 fully saturated rings. The summed E-state index contributed by atoms with van der Waals surface area (Å²) in [7, 11) is 1.15. The summed E-state index contributed by atoms with van der Waals surface area (Å²) in [6, 6.07) is 8.04. The van der Waals surface area contributed by atoms with Crippen molar-refractivity contribution >= 4 is 5.97 Å². The van der Waals surface area contributed by atoms with E-state index in [2.05, 4.69) is 30.6 Å². The molecule has 0 aliphatic carbocycles. The normalized spacial score (nSPS) is 11.3. The third kappa shape index (κ3) is 3.00. The average molecular weight is 301 g/mol. The van der Waals surface area contributed by atoms with Gasteiger partial charge in [-0.15, -0.1) is 0 Å². The molecule has 0 atom stereocenters. The van der Waals surface area contributed by atoms with E-state index in [9.17, 15) is 14.7 Å². The van der Waals surface area contributed by atoms with E-state index >= 15 is 0 Å². The van der Waals surface area contributed by atoms with Gasteiger partial charge in [0.05, 0.1) is 12.8 Å². The molecule has 0 bridgehead atoms. The smallest absolute Gasteiger partial charge is 0.357 e. The van der Waals surface area contributed by atoms with Gasteiger partial charge in [-0.05, 0) is 29.2 Å². The Labute approximate surface area is 128 Å². The highest BCUT2D eigenvalue weighted by Crippen LogP contribution is 2.22. The van der Waals surface area contributed by atoms with Crippen LogP contribution in [0.5, 0.6) is 5.75 Å². The number of rotatable bonds is 2. The van der Waals surface area contributed by atoms with E-state index in [0.29, 0.717) is 5.69 Å². The number of hydrogen-bond donors (Lipinski definition) is 0. The molecular weight excluding hydrogens is 284 g/mol. The minimum Gasteiger partial charge on any atom is -0.871 e. The van der Waals surface area contributed by atoms with E-state index in [0.717, 1.165) is 23.4 Å². The number of carbonyl (C=O) groups excluding carboxylic acids is 1. The molecule has 0 spiro atoms. The lowest BCUT2D eigenvalue weighted by Gasteiger charge is -2.19. The minimum absolute atomic E-state index is 0.0209. The number of esters is 1. The van der Waals surface area contributed by atoms with E-state index in [1.54, 1.807) is 12.1 Å². The van der Waals surface area contributed by atoms with Gasteiger partial charge in [0.2, 0.25) is 0 Å². The molecule has 2 rings (SSSR count). The first-order valence-electron chi connectivity index (χ1n) is 6.74. The lowest BCUT2D eigenvalue weighted by Crippen LogP contribution is -2.25. The molecule has 0 unspecified atom stereocenters. The Morgan fingerprint density at radius 3 is 2.32 bits per heavy atom. The van der Waals surface area contributed by atoms with Gasteiger partial charge in [0.25, 0.3) is 5.56 Å². The Morgan fingerprint density at radius 1 is 1.23 bits per heavy atom. The first-order valence-corrected chi connectivity index (χ1v) is 6.74. The Bertz CT molecular complexity index is 755. The third-order valence-electron chi connectivity index (χ3n) is 3.25. The maximum atomic E-state index is 11.9. The highest BCUT2D eigenvalue weighted by Gasteiger charge is 2.15. The van der Waals surface area contributed by atoms with Crippen LogP contribution in [0, 0.1) is 0 Å². The van der Waals surface area contributed by atoms with Crippen molar-refractivity contribution in [2.75, 3.05) is 7.11 Å². The van der Waals surface area contributed by atoms with E-state index in [1.807, 2.05) is 12.1 Å². The monoisotopic (exact) mass is 301 g/mol. The summed E-state index contributed by atoms with van der Waals surface area (Å²) >= 11 is 0. The van der Waals surface area contributed by atoms with Crippen LogP contribution in [0.15, 0.2) is 35.1 Å². The second kappa shape index (κ2) is 5.63. The summed E-state index contributed by atoms with van der Waals surface area (Å²) in [5.74, 6) is -1.62. The van der Waals surface area contributed by atoms with Gasteiger partial charge in [-0.2, -0.15) is 9.78 Å². The summed E-state index contributed by atoms with van der Waals surface area (Å²) < 4.78 is 5.51. The van der Waals surface area contributed by atoms with Crippen LogP contribution < -0.4 is 10.7 Å². The predicted octanol–water partition coefficient (Wildman–Crippen LogP) is 1.39. The Hall–Kier alpha value is -2.63. The number of ether oxygens (including phenoxy) is 1. The number of aromatic nitrogens is 2. The van der Waals surface area contributed by atoms with E-state index in [4.69, 9.17) is 0 Å². The number of benzene rings is 1. The average Bonchev–Trinajstić information content (AvgIpc) is 2.46. The van der Waals surface area contributed by atoms with Gasteiger partial charge >= 0.3 is 5.97 Å². The van der Waals surface area contributed by atoms with Gasteiger partial charge in [0.15, 0.2) is 5.69 Å². The molecule has 6 nitrogen and oxygen atoms in total. The van der Waals surface area contributed by atoms with Gasteiger partial charge in [-0.25, -0.2) is 4.79 Å². The van der Waals surface area contributed by atoms with Crippen molar-refractivity contribution in [1.29, 1.82) is 0 Å². The van der Waals surface area contributed by atoms with Gasteiger partial charge in [-0.1, -0.05) is 38.7 Å². The molecule has 0 aliphatic heterocycles. The minimum atomic E-state index is -0.870. The van der Waals surface area contributed by atoms with Crippen LogP contribution >= 0.6 is 0 Å². The van der Waals surface area contributed by atoms with Gasteiger partial charge in [-0.3, -0.25) is 4.79 Å². The summed E-state index contributed by atoms with van der Waals surface area (Å²) in [5, 5.41) is 15.5. The molecule has 2 aromatic rings. The zero-order chi connectivity index (χ0) is 16.5. The molecule has 1 aromatic heterocycles. The first kappa shape index (κ1) is 15.8. The van der Waals surface area contributed by atoms with E-state index in [1.165, 1.54) is 0 Å². The largest absolute Gasteiger partial charge is 0.871 e. The van der Waals surface area contributed by atoms with E-state index < -0.39 is 23.0 Å². The van der Waals surface area contributed by atoms with Crippen LogP contribution in [-0.2, 0) is 10.2 Å². The summed E-state index contributed by atoms with van der Waals surface area (Å²) in [4.78, 5) is 23.4. The van der Waals surface area contributed by atoms with E-state index in [-0.39, 0.29) is 5.41 Å². The van der Waals surface area contributed by atoms with Crippen molar-refractivity contribution in [3.63, 3.8) is 0 Å². The topological polar surface area (TPSA) is 84.2 Å². The number of methoxy groups -OCH3 is 1. The van der Waals surface area contributed by atoms with Gasteiger partial charge in [0.1, 0.15) is 0 Å². The zero-order valence-electron chi connectivity index (χ0n) is 12.9. The Morgan fingerprint density at radius 2 is 1.82 bits per heavy atom. The fraction of sp³-hybridized carbons (Fsp3) is 0.312. The fourth-order valence-electron chi connectivity index (χ4n) is 1.97. The molecule has 0 saturated heterocycles. The molecular formula is C16H17N2O4-. The van der Waals surface area contributed by atoms with Crippen LogP contribution in [0.4, 0.5) is 0 Å². The Balaban J connectivity index is 2.53. The summed E-state index contributed by atoms with van der Waals surface area (Å²) in [5.41, 5.74) is 0.539. The number of carbonyl (C=O) groups is 1. The van der Waals surface area contributed by atoms with Crippen LogP contribution in [-0.4, -0.2) is 22.9 Å². The highest BCUT2D eigenvalue weighted by atomic mass is 16.5. The molecule has 1 aromatic carbocycles. The maximum absolute atomic E-state index is 11.9. The molecule has 0 N–H and O–H groups in total. The lowest BCUT2D eigenvalue weighted by molar-refractivity contribution is -0.269. The number of nitrogens with zero attached hydrogens (tertiary/aromatic N) is 2. The molecule has 1 heterocycles. The molecule has 0 saturated carbocycles. The van der Waals surface area contributed by atoms with Gasteiger partial charge < -0.3 is 9.84 Å². The van der Waals surface area contributed by atoms with Crippen molar-refractivity contribution in [1.82, 2.24) is 9.78 Å². The molecule has 116 valence electrons. The highest BCUT2D eigenvalue weighted by molar-refractivity contribution is 5.89. The molecule has 0 aliphatic rings. The van der Waals surface area contributed by atoms with Crippen molar-refractivity contribution in [3.05, 3.63) is 51.9 Å². The quantitative estimate of drug-likeness (QED) is 0.783. The van der Waals surface area contributed by atoms with Crippen molar-refractivity contribution in [2.45, 2.75) is 26.2 Å². The fourth-order valence-corrected chi connectivity index (χ4v) is 1.97. The molecule has 6 heteroatoms. The van der Waals surface area contributed by atoms with Crippen molar-refractivity contribution in [3.8, 4) is 11.4 Å². The van der Waals surface area contributed by atoms with Crippen LogP contribution in [0.1, 0.15) is 36.8 Å². The second-order valence-electron chi connectivity index (χ2n) is 5.90. The van der Waals surface area contributed by atoms with Gasteiger partial charge in [0, 0.05) is 0 Å². The maximum Gasteiger partial charge on any atom is 0.357 e. The second-order valence-corrected chi connectivity index (χ2v) is 5.90. The standard InChI is InChI=1S/C16H18N2O4/c1-16(2,3)10-5-7-11(8-6-10)18-13(20)9-12(19)14(17-18)15(21)22-4/h5-9,19H,1-4H3/p-1. The third-order valence-corrected chi connectivity index (χ3v) is 3.25. The van der Waals surface area contributed by atoms with Crippen LogP contribution in [0.25, 0.3) is 5.69 Å². The summed E-state index contributed by atoms with van der Waals surface area (Å²) in [6.07, 6.45) is 0.